The van der Waals surface area contributed by atoms with Crippen LogP contribution in [0.1, 0.15) is 34.9 Å². The lowest BCUT2D eigenvalue weighted by molar-refractivity contribution is -0.116. The molecule has 0 saturated carbocycles. The van der Waals surface area contributed by atoms with E-state index in [1.54, 1.807) is 16.8 Å². The van der Waals surface area contributed by atoms with Gasteiger partial charge in [-0.25, -0.2) is 9.97 Å². The van der Waals surface area contributed by atoms with E-state index in [9.17, 15) is 9.90 Å². The van der Waals surface area contributed by atoms with Crippen molar-refractivity contribution in [3.8, 4) is 23.0 Å². The molecule has 2 N–H and O–H groups in total. The van der Waals surface area contributed by atoms with E-state index < -0.39 is 0 Å². The summed E-state index contributed by atoms with van der Waals surface area (Å²) in [5.74, 6) is 0.877. The number of aryl methyl sites for hydroxylation is 2. The van der Waals surface area contributed by atoms with E-state index in [2.05, 4.69) is 15.3 Å². The van der Waals surface area contributed by atoms with Crippen molar-refractivity contribution in [1.29, 1.82) is 0 Å². The fraction of sp³-hybridized carbons (Fsp3) is 0.167. The lowest BCUT2D eigenvalue weighted by atomic mass is 9.84. The van der Waals surface area contributed by atoms with Crippen LogP contribution >= 0.6 is 0 Å². The Morgan fingerprint density at radius 3 is 2.35 bits per heavy atom. The van der Waals surface area contributed by atoms with Gasteiger partial charge >= 0.3 is 0 Å². The Kier molecular flexibility index (Phi) is 4.51. The second kappa shape index (κ2) is 7.36. The van der Waals surface area contributed by atoms with Crippen molar-refractivity contribution >= 4 is 11.7 Å². The predicted octanol–water partition coefficient (Wildman–Crippen LogP) is 4.13. The van der Waals surface area contributed by atoms with Crippen LogP contribution in [0.3, 0.4) is 0 Å². The van der Waals surface area contributed by atoms with E-state index >= 15 is 0 Å². The Bertz CT molecular complexity index is 1260. The molecular weight excluding hydrogens is 390 g/mol. The molecule has 0 saturated heterocycles. The molecule has 31 heavy (non-hydrogen) atoms. The van der Waals surface area contributed by atoms with Gasteiger partial charge in [-0.05, 0) is 37.6 Å². The minimum absolute atomic E-state index is 0.101. The molecule has 2 aromatic carbocycles. The third-order valence-electron chi connectivity index (χ3n) is 5.42. The van der Waals surface area contributed by atoms with Crippen LogP contribution in [0.4, 0.5) is 5.82 Å². The number of fused-ring (bicyclic) bond motifs is 1. The van der Waals surface area contributed by atoms with Crippen molar-refractivity contribution in [2.75, 3.05) is 5.32 Å². The molecule has 0 radical (unpaired) electrons. The Balaban J connectivity index is 1.78. The third-order valence-corrected chi connectivity index (χ3v) is 5.42. The van der Waals surface area contributed by atoms with E-state index in [1.807, 2.05) is 62.4 Å². The largest absolute Gasteiger partial charge is 0.508 e. The first-order chi connectivity index (χ1) is 15.0. The van der Waals surface area contributed by atoms with Gasteiger partial charge in [0.25, 0.3) is 5.95 Å². The van der Waals surface area contributed by atoms with Crippen LogP contribution in [-0.4, -0.2) is 30.8 Å². The van der Waals surface area contributed by atoms with Gasteiger partial charge in [0, 0.05) is 34.9 Å². The number of carbonyl (C=O) groups excluding carboxylic acids is 1. The number of hydrogen-bond acceptors (Lipinski definition) is 5. The van der Waals surface area contributed by atoms with Gasteiger partial charge in [-0.1, -0.05) is 42.5 Å². The van der Waals surface area contributed by atoms with Gasteiger partial charge in [-0.15, -0.1) is 0 Å². The number of hydrogen-bond donors (Lipinski definition) is 2. The standard InChI is InChI=1S/C24H21N5O2/c1-14-12-15(2)26-24(25-14)29-23-21(22(28-29)17-6-4-3-5-7-17)19(13-20(31)27-23)16-8-10-18(30)11-9-16/h3-12,19,30H,13H2,1-2H3,(H,27,31)/t19-/m0/s1. The fourth-order valence-corrected chi connectivity index (χ4v) is 4.10. The van der Waals surface area contributed by atoms with E-state index in [4.69, 9.17) is 5.10 Å². The summed E-state index contributed by atoms with van der Waals surface area (Å²) in [6, 6.07) is 18.8. The monoisotopic (exact) mass is 411 g/mol. The number of nitrogens with zero attached hydrogens (tertiary/aromatic N) is 4. The van der Waals surface area contributed by atoms with Crippen LogP contribution in [0, 0.1) is 13.8 Å². The summed E-state index contributed by atoms with van der Waals surface area (Å²) in [4.78, 5) is 21.8. The van der Waals surface area contributed by atoms with Gasteiger partial charge in [-0.2, -0.15) is 9.78 Å². The van der Waals surface area contributed by atoms with Gasteiger partial charge in [0.15, 0.2) is 0 Å². The van der Waals surface area contributed by atoms with E-state index in [0.717, 1.165) is 33.8 Å². The summed E-state index contributed by atoms with van der Waals surface area (Å²) in [6.07, 6.45) is 0.289. The van der Waals surface area contributed by atoms with Crippen LogP contribution in [-0.2, 0) is 4.79 Å². The van der Waals surface area contributed by atoms with Crippen LogP contribution in [0.5, 0.6) is 5.75 Å². The van der Waals surface area contributed by atoms with Crippen molar-refractivity contribution in [1.82, 2.24) is 19.7 Å². The molecule has 1 aliphatic rings. The molecule has 0 unspecified atom stereocenters. The highest BCUT2D eigenvalue weighted by Gasteiger charge is 2.35. The first kappa shape index (κ1) is 19.0. The topological polar surface area (TPSA) is 92.9 Å². The van der Waals surface area contributed by atoms with Gasteiger partial charge in [-0.3, -0.25) is 4.79 Å². The molecular formula is C24H21N5O2. The van der Waals surface area contributed by atoms with Crippen molar-refractivity contribution < 1.29 is 9.90 Å². The minimum atomic E-state index is -0.209. The number of benzene rings is 2. The summed E-state index contributed by atoms with van der Waals surface area (Å²) in [7, 11) is 0. The number of phenols is 1. The average molecular weight is 411 g/mol. The molecule has 5 rings (SSSR count). The maximum absolute atomic E-state index is 12.7. The van der Waals surface area contributed by atoms with E-state index in [-0.39, 0.29) is 24.0 Å². The number of phenolic OH excluding ortho intramolecular Hbond substituents is 1. The van der Waals surface area contributed by atoms with Gasteiger partial charge in [0.1, 0.15) is 11.6 Å². The molecule has 4 aromatic rings. The molecule has 2 aromatic heterocycles. The van der Waals surface area contributed by atoms with Crippen molar-refractivity contribution in [2.24, 2.45) is 0 Å². The zero-order chi connectivity index (χ0) is 21.5. The Labute approximate surface area is 179 Å². The highest BCUT2D eigenvalue weighted by molar-refractivity contribution is 5.96. The quantitative estimate of drug-likeness (QED) is 0.529. The van der Waals surface area contributed by atoms with Crippen LogP contribution in [0.2, 0.25) is 0 Å². The van der Waals surface area contributed by atoms with Crippen molar-refractivity contribution in [3.05, 3.63) is 83.2 Å². The van der Waals surface area contributed by atoms with Crippen LogP contribution in [0.25, 0.3) is 17.2 Å². The molecule has 1 amide bonds. The second-order valence-electron chi connectivity index (χ2n) is 7.74. The SMILES string of the molecule is Cc1cc(C)nc(-n2nc(-c3ccccc3)c3c2NC(=O)C[C@H]3c2ccc(O)cc2)n1. The molecule has 0 spiro atoms. The molecule has 1 atom stereocenters. The van der Waals surface area contributed by atoms with Gasteiger partial charge in [0.2, 0.25) is 5.91 Å². The smallest absolute Gasteiger partial charge is 0.252 e. The van der Waals surface area contributed by atoms with Crippen LogP contribution < -0.4 is 5.32 Å². The zero-order valence-electron chi connectivity index (χ0n) is 17.2. The number of rotatable bonds is 3. The molecule has 1 aliphatic heterocycles. The number of nitrogens with one attached hydrogen (secondary N) is 1. The summed E-state index contributed by atoms with van der Waals surface area (Å²) in [5.41, 5.74) is 5.22. The highest BCUT2D eigenvalue weighted by atomic mass is 16.3. The van der Waals surface area contributed by atoms with E-state index in [1.165, 1.54) is 0 Å². The Hall–Kier alpha value is -4.00. The minimum Gasteiger partial charge on any atom is -0.508 e. The predicted molar refractivity (Wildman–Crippen MR) is 117 cm³/mol. The van der Waals surface area contributed by atoms with Crippen molar-refractivity contribution in [3.63, 3.8) is 0 Å². The summed E-state index contributed by atoms with van der Waals surface area (Å²) >= 11 is 0. The molecule has 0 fully saturated rings. The number of anilines is 1. The lowest BCUT2D eigenvalue weighted by Crippen LogP contribution is -2.25. The summed E-state index contributed by atoms with van der Waals surface area (Å²) in [6.45, 7) is 3.81. The number of aromatic hydroxyl groups is 1. The maximum Gasteiger partial charge on any atom is 0.252 e. The second-order valence-corrected chi connectivity index (χ2v) is 7.74. The lowest BCUT2D eigenvalue weighted by Gasteiger charge is -2.24. The molecule has 154 valence electrons. The van der Waals surface area contributed by atoms with Crippen LogP contribution in [0.15, 0.2) is 60.7 Å². The molecule has 7 nitrogen and oxygen atoms in total. The third kappa shape index (κ3) is 3.44. The first-order valence-electron chi connectivity index (χ1n) is 10.1. The molecule has 7 heteroatoms. The number of carbonyl (C=O) groups is 1. The number of aromatic nitrogens is 4. The molecule has 0 aliphatic carbocycles. The Morgan fingerprint density at radius 2 is 1.68 bits per heavy atom. The zero-order valence-corrected chi connectivity index (χ0v) is 17.2. The summed E-state index contributed by atoms with van der Waals surface area (Å²) < 4.78 is 1.63. The van der Waals surface area contributed by atoms with Gasteiger partial charge < -0.3 is 10.4 Å². The molecule has 3 heterocycles. The highest BCUT2D eigenvalue weighted by Crippen LogP contribution is 2.43. The first-order valence-corrected chi connectivity index (χ1v) is 10.1. The average Bonchev–Trinajstić information content (AvgIpc) is 3.13. The molecule has 0 bridgehead atoms. The summed E-state index contributed by atoms with van der Waals surface area (Å²) in [5, 5.41) is 17.6. The Morgan fingerprint density at radius 1 is 1.00 bits per heavy atom. The fourth-order valence-electron chi connectivity index (χ4n) is 4.10. The maximum atomic E-state index is 12.7. The normalized spacial score (nSPS) is 15.4. The van der Waals surface area contributed by atoms with Gasteiger partial charge in [0.05, 0.1) is 5.69 Å². The van der Waals surface area contributed by atoms with Crippen molar-refractivity contribution in [2.45, 2.75) is 26.2 Å². The van der Waals surface area contributed by atoms with E-state index in [0.29, 0.717) is 11.8 Å². The number of amides is 1.